The SMILES string of the molecule is COc1cccc2c1C(=O)c1c(O)c3c(c(O)c1C2=O)C[C@@](O)(C(=O)NCC(=O)CCSCCN)C[C@@H]3O[C@H]1C[C@H]2[C@H](O[C@@H]3[C@@H](OC)OCCN32)[C@H](C)O1.COc1cccc2c1C(=O)c1c(O)c3c(c(O)c1C2=O)C[C@@](O)(C(=O)NCC(=O)CCSCCNC(=O)CCOCCOCCOc1cc(CBr)nc(CBr)c1)C[C@@H]3O[C@H]1C[C@H]2[C@H](O[C@@H]3[C@@H](OC)OCCN32)[C@H](C)O1. The van der Waals surface area contributed by atoms with E-state index in [1.807, 2.05) is 26.0 Å². The molecule has 1 aromatic heterocycles. The molecule has 6 fully saturated rings. The summed E-state index contributed by atoms with van der Waals surface area (Å²) in [5.74, 6) is -5.34. The number of pyridine rings is 1. The number of nitrogens with one attached hydrogen (secondary N) is 3. The molecular weight excluding hydrogens is 1860 g/mol. The molecule has 3 amide bonds. The lowest BCUT2D eigenvalue weighted by molar-refractivity contribution is -0.256. The maximum absolute atomic E-state index is 14.2. The monoisotopic (exact) mass is 1960 g/mol. The number of aliphatic hydroxyl groups is 2. The number of hydrogen-bond acceptors (Lipinski definition) is 36. The summed E-state index contributed by atoms with van der Waals surface area (Å²) in [6.45, 7) is 7.24. The molecule has 0 spiro atoms. The van der Waals surface area contributed by atoms with Crippen molar-refractivity contribution in [3.63, 3.8) is 0 Å². The van der Waals surface area contributed by atoms with Gasteiger partial charge in [-0.1, -0.05) is 56.1 Å². The second kappa shape index (κ2) is 42.9. The average Bonchev–Trinajstić information content (AvgIpc) is 1.62. The van der Waals surface area contributed by atoms with Crippen molar-refractivity contribution in [3.8, 4) is 40.2 Å². The van der Waals surface area contributed by atoms with Crippen molar-refractivity contribution < 1.29 is 145 Å². The third-order valence-corrected chi connectivity index (χ3v) is 27.7. The molecule has 0 saturated carbocycles. The molecular formula is C88H107Br2N7O30S2. The lowest BCUT2D eigenvalue weighted by atomic mass is 9.72. The van der Waals surface area contributed by atoms with Crippen LogP contribution in [0.3, 0.4) is 0 Å². The van der Waals surface area contributed by atoms with Gasteiger partial charge in [-0.05, 0) is 26.0 Å². The standard InChI is InChI=1S/C51H62Br2N4O17S.C37H45N3O13S/c1-27-47-34(57-10-12-71-49(67-3)48(57)74-47)21-38(72-27)73-36-23-51(65,22-33-40(36)46(63)42-41(44(33)61)43(60)32-5-4-6-35(66-2)39(32)45(42)62)50(64)55-26-30(58)8-17-75-18-9-54-37(59)7-11-68-13-14-69-15-16-70-31-19-28(24-52)56-29(20-31)25-53;1-17-33-21(40-9-10-50-35(49-3)34(40)53-33)13-24(51-17)52-23-15-37(47,36(46)39-16-18(41)7-11-54-12-8-38)14-20-26(23)32(45)28-27(30(20)43)29(42)19-5-4-6-22(48-2)25(19)31(28)44/h4-6,19-20,27,34,36,38,47-49,61,63,65H,7-18,21-26H2,1-3H3,(H,54,59)(H,55,64);4-6,17,21,23-24,33-35,43,45,47H,7-16,38H2,1-3H3,(H,39,46)/t27-,34-,36-,38-,47+,48+,49-,51-;17-,21-,23-,24-,33+,34+,35-,37-/m00/s1. The highest BCUT2D eigenvalue weighted by atomic mass is 79.9. The van der Waals surface area contributed by atoms with Gasteiger partial charge < -0.3 is 123 Å². The zero-order chi connectivity index (χ0) is 91.9. The summed E-state index contributed by atoms with van der Waals surface area (Å²) in [7, 11) is 5.75. The number of ketones is 6. The quantitative estimate of drug-likeness (QED) is 0.0143. The number of morpholine rings is 2. The van der Waals surface area contributed by atoms with E-state index in [-0.39, 0.29) is 143 Å². The summed E-state index contributed by atoms with van der Waals surface area (Å²) in [5, 5.41) is 81.3. The maximum Gasteiger partial charge on any atom is 0.252 e. The first-order valence-electron chi connectivity index (χ1n) is 42.7. The number of rotatable bonds is 37. The molecule has 6 aliphatic heterocycles. The number of fused-ring (bicyclic) bond motifs is 12. The molecule has 10 aliphatic rings. The fourth-order valence-corrected chi connectivity index (χ4v) is 20.6. The van der Waals surface area contributed by atoms with E-state index in [1.54, 1.807) is 0 Å². The van der Waals surface area contributed by atoms with E-state index in [1.165, 1.54) is 88.4 Å². The minimum atomic E-state index is -2.35. The molecule has 7 heterocycles. The van der Waals surface area contributed by atoms with Crippen LogP contribution in [0.5, 0.6) is 40.2 Å². The molecule has 0 bridgehead atoms. The Labute approximate surface area is 768 Å². The van der Waals surface area contributed by atoms with Gasteiger partial charge in [-0.15, -0.1) is 0 Å². The molecule has 129 heavy (non-hydrogen) atoms. The number of ether oxygens (including phenoxy) is 15. The van der Waals surface area contributed by atoms with Gasteiger partial charge in [0, 0.05) is 189 Å². The van der Waals surface area contributed by atoms with Crippen LogP contribution in [0.4, 0.5) is 0 Å². The first-order valence-corrected chi connectivity index (χ1v) is 47.2. The van der Waals surface area contributed by atoms with Crippen molar-refractivity contribution >= 4 is 108 Å². The van der Waals surface area contributed by atoms with Crippen LogP contribution in [0.15, 0.2) is 48.5 Å². The highest BCUT2D eigenvalue weighted by Gasteiger charge is 2.59. The van der Waals surface area contributed by atoms with Crippen molar-refractivity contribution in [3.05, 3.63) is 127 Å². The lowest BCUT2D eigenvalue weighted by Gasteiger charge is -2.43. The first-order chi connectivity index (χ1) is 62.1. The number of carbonyl (C=O) groups excluding carboxylic acids is 9. The molecule has 15 rings (SSSR count). The van der Waals surface area contributed by atoms with Crippen molar-refractivity contribution in [2.45, 2.75) is 180 Å². The lowest BCUT2D eigenvalue weighted by Crippen LogP contribution is -2.55. The molecule has 11 N–H and O–H groups in total. The molecule has 4 aromatic carbocycles. The molecule has 6 saturated heterocycles. The Morgan fingerprint density at radius 1 is 0.558 bits per heavy atom. The second-order valence-electron chi connectivity index (χ2n) is 32.6. The summed E-state index contributed by atoms with van der Waals surface area (Å²) in [5.41, 5.74) is -0.0279. The zero-order valence-electron chi connectivity index (χ0n) is 72.0. The van der Waals surface area contributed by atoms with Crippen LogP contribution in [-0.2, 0) is 104 Å². The molecule has 0 unspecified atom stereocenters. The van der Waals surface area contributed by atoms with Crippen LogP contribution in [0.2, 0.25) is 0 Å². The molecule has 41 heteroatoms. The normalized spacial score (nSPS) is 27.1. The predicted octanol–water partition coefficient (Wildman–Crippen LogP) is 4.68. The number of Topliss-reactive ketones (excluding diaryl/α,β-unsaturated/α-hetero) is 2. The summed E-state index contributed by atoms with van der Waals surface area (Å²) < 4.78 is 88.6. The van der Waals surface area contributed by atoms with E-state index in [2.05, 4.69) is 62.6 Å². The second-order valence-corrected chi connectivity index (χ2v) is 36.1. The number of alkyl halides is 2. The van der Waals surface area contributed by atoms with Crippen molar-refractivity contribution in [2.75, 3.05) is 137 Å². The van der Waals surface area contributed by atoms with Gasteiger partial charge >= 0.3 is 0 Å². The number of amides is 3. The topological polar surface area (TPSA) is 495 Å². The van der Waals surface area contributed by atoms with Gasteiger partial charge in [-0.3, -0.25) is 57.9 Å². The Morgan fingerprint density at radius 3 is 1.44 bits per heavy atom. The van der Waals surface area contributed by atoms with E-state index in [4.69, 9.17) is 76.8 Å². The summed E-state index contributed by atoms with van der Waals surface area (Å²) >= 11 is 9.77. The summed E-state index contributed by atoms with van der Waals surface area (Å²) in [6.07, 6.45) is -9.90. The minimum absolute atomic E-state index is 0.0451. The van der Waals surface area contributed by atoms with E-state index in [0.29, 0.717) is 99.5 Å². The number of nitrogens with two attached hydrogens (primary N) is 1. The van der Waals surface area contributed by atoms with Crippen LogP contribution < -0.4 is 35.9 Å². The number of nitrogens with zero attached hydrogens (tertiary/aromatic N) is 3. The van der Waals surface area contributed by atoms with Crippen molar-refractivity contribution in [1.82, 2.24) is 30.7 Å². The number of phenolic OH excluding ortho intramolecular Hbond substituents is 4. The van der Waals surface area contributed by atoms with Crippen LogP contribution in [-0.4, -0.2) is 320 Å². The third kappa shape index (κ3) is 20.6. The van der Waals surface area contributed by atoms with Gasteiger partial charge in [0.05, 0.1) is 136 Å². The molecule has 4 aliphatic carbocycles. The number of thioether (sulfide) groups is 2. The number of halogens is 2. The van der Waals surface area contributed by atoms with Gasteiger partial charge in [0.1, 0.15) is 70.3 Å². The minimum Gasteiger partial charge on any atom is -0.507 e. The maximum atomic E-state index is 14.2. The van der Waals surface area contributed by atoms with Gasteiger partial charge in [0.2, 0.25) is 17.5 Å². The Kier molecular flexibility index (Phi) is 32.3. The fraction of sp³-hybridized carbons (Fsp3) is 0.568. The van der Waals surface area contributed by atoms with Crippen LogP contribution in [0, 0.1) is 0 Å². The number of benzene rings is 4. The molecule has 700 valence electrons. The van der Waals surface area contributed by atoms with Crippen molar-refractivity contribution in [2.24, 2.45) is 5.73 Å². The molecule has 5 aromatic rings. The smallest absolute Gasteiger partial charge is 0.252 e. The first kappa shape index (κ1) is 97.1. The Morgan fingerprint density at radius 2 is 1.00 bits per heavy atom. The highest BCUT2D eigenvalue weighted by Crippen LogP contribution is 2.56. The van der Waals surface area contributed by atoms with Gasteiger partial charge in [-0.2, -0.15) is 23.5 Å². The zero-order valence-corrected chi connectivity index (χ0v) is 76.8. The number of aromatic nitrogens is 1. The number of carbonyl (C=O) groups is 9. The summed E-state index contributed by atoms with van der Waals surface area (Å²) in [6, 6.07) is 12.2. The average molecular weight is 1970 g/mol. The third-order valence-electron chi connectivity index (χ3n) is 24.5. The number of hydrogen-bond donors (Lipinski definition) is 10. The number of methoxy groups -OCH3 is 4. The predicted molar refractivity (Wildman–Crippen MR) is 466 cm³/mol. The van der Waals surface area contributed by atoms with E-state index in [9.17, 15) is 73.8 Å². The van der Waals surface area contributed by atoms with Gasteiger partial charge in [0.15, 0.2) is 60.7 Å². The molecule has 37 nitrogen and oxygen atoms in total. The Balaban J connectivity index is 0.000000219. The van der Waals surface area contributed by atoms with E-state index in [0.717, 1.165) is 17.1 Å². The largest absolute Gasteiger partial charge is 0.507 e. The number of aromatic hydroxyl groups is 4. The van der Waals surface area contributed by atoms with E-state index >= 15 is 0 Å². The van der Waals surface area contributed by atoms with Crippen LogP contribution in [0.1, 0.15) is 168 Å². The van der Waals surface area contributed by atoms with Crippen molar-refractivity contribution in [1.29, 1.82) is 0 Å². The van der Waals surface area contributed by atoms with Crippen LogP contribution >= 0.6 is 55.4 Å². The molecule has 16 atom stereocenters. The number of phenols is 4. The van der Waals surface area contributed by atoms with Gasteiger partial charge in [-0.25, -0.2) is 0 Å². The highest BCUT2D eigenvalue weighted by molar-refractivity contribution is 9.08. The Hall–Kier alpha value is -7.96. The Bertz CT molecular complexity index is 5020. The van der Waals surface area contributed by atoms with Gasteiger partial charge in [0.25, 0.3) is 11.8 Å². The van der Waals surface area contributed by atoms with E-state index < -0.39 is 186 Å². The molecule has 0 radical (unpaired) electrons. The van der Waals surface area contributed by atoms with Crippen LogP contribution in [0.25, 0.3) is 0 Å². The fourth-order valence-electron chi connectivity index (χ4n) is 18.4. The summed E-state index contributed by atoms with van der Waals surface area (Å²) in [4.78, 5) is 131.